The number of carbonyl (C=O) groups excluding carboxylic acids is 2. The number of hydrogen-bond donors (Lipinski definition) is 2. The van der Waals surface area contributed by atoms with Crippen LogP contribution < -0.4 is 5.32 Å². The van der Waals surface area contributed by atoms with E-state index in [1.165, 1.54) is 24.4 Å². The van der Waals surface area contributed by atoms with Gasteiger partial charge in [-0.15, -0.1) is 0 Å². The van der Waals surface area contributed by atoms with Gasteiger partial charge in [-0.05, 0) is 39.0 Å². The molecule has 1 aromatic carbocycles. The third kappa shape index (κ3) is 2.81. The highest BCUT2D eigenvalue weighted by atomic mass is 19.1. The third-order valence-corrected chi connectivity index (χ3v) is 2.58. The Bertz CT molecular complexity index is 653. The van der Waals surface area contributed by atoms with Crippen molar-refractivity contribution in [2.24, 2.45) is 0 Å². The smallest absolute Gasteiger partial charge is 0.292 e. The van der Waals surface area contributed by atoms with E-state index >= 15 is 0 Å². The molecule has 0 radical (unpaired) electrons. The first kappa shape index (κ1) is 13.3. The van der Waals surface area contributed by atoms with Crippen molar-refractivity contribution < 1.29 is 14.0 Å². The number of fused-ring (bicyclic) bond motifs is 1. The molecule has 0 saturated carbocycles. The summed E-state index contributed by atoms with van der Waals surface area (Å²) >= 11 is 0. The van der Waals surface area contributed by atoms with Crippen LogP contribution in [0.25, 0.3) is 10.9 Å². The molecule has 2 aromatic rings. The molecule has 0 aliphatic rings. The summed E-state index contributed by atoms with van der Waals surface area (Å²) in [7, 11) is 0. The van der Waals surface area contributed by atoms with Crippen LogP contribution >= 0.6 is 0 Å². The van der Waals surface area contributed by atoms with Gasteiger partial charge in [0.05, 0.1) is 5.56 Å². The van der Waals surface area contributed by atoms with Gasteiger partial charge in [-0.25, -0.2) is 4.39 Å². The summed E-state index contributed by atoms with van der Waals surface area (Å²) < 4.78 is 13.2. The number of benzene rings is 1. The highest BCUT2D eigenvalue weighted by Gasteiger charge is 2.23. The van der Waals surface area contributed by atoms with Gasteiger partial charge in [-0.3, -0.25) is 9.59 Å². The number of rotatable bonds is 2. The lowest BCUT2D eigenvalue weighted by Gasteiger charge is -2.19. The molecule has 4 nitrogen and oxygen atoms in total. The van der Waals surface area contributed by atoms with Gasteiger partial charge >= 0.3 is 0 Å². The summed E-state index contributed by atoms with van der Waals surface area (Å²) in [5.74, 6) is -1.82. The molecule has 0 aliphatic carbocycles. The van der Waals surface area contributed by atoms with Gasteiger partial charge in [0.25, 0.3) is 11.7 Å². The SMILES string of the molecule is CC(C)(C)NC(=O)C(=O)c1c[nH]c2ccc(F)cc12. The minimum absolute atomic E-state index is 0.177. The number of hydrogen-bond acceptors (Lipinski definition) is 2. The molecule has 0 bridgehead atoms. The highest BCUT2D eigenvalue weighted by molar-refractivity contribution is 6.45. The fraction of sp³-hybridized carbons (Fsp3) is 0.286. The Morgan fingerprint density at radius 2 is 1.95 bits per heavy atom. The van der Waals surface area contributed by atoms with E-state index in [1.807, 2.05) is 0 Å². The van der Waals surface area contributed by atoms with Gasteiger partial charge in [-0.2, -0.15) is 0 Å². The maximum Gasteiger partial charge on any atom is 0.292 e. The van der Waals surface area contributed by atoms with E-state index in [1.54, 1.807) is 20.8 Å². The predicted octanol–water partition coefficient (Wildman–Crippen LogP) is 2.40. The topological polar surface area (TPSA) is 62.0 Å². The van der Waals surface area contributed by atoms with Crippen molar-refractivity contribution in [3.8, 4) is 0 Å². The van der Waals surface area contributed by atoms with Crippen molar-refractivity contribution in [3.05, 3.63) is 35.8 Å². The second-order valence-corrected chi connectivity index (χ2v) is 5.43. The van der Waals surface area contributed by atoms with E-state index in [-0.39, 0.29) is 5.56 Å². The van der Waals surface area contributed by atoms with Crippen LogP contribution in [0, 0.1) is 5.82 Å². The Hall–Kier alpha value is -2.17. The number of ketones is 1. The average molecular weight is 262 g/mol. The van der Waals surface area contributed by atoms with Crippen LogP contribution in [0.5, 0.6) is 0 Å². The molecule has 5 heteroatoms. The molecule has 0 fully saturated rings. The number of aromatic nitrogens is 1. The normalized spacial score (nSPS) is 11.6. The summed E-state index contributed by atoms with van der Waals surface area (Å²) in [6.07, 6.45) is 1.43. The number of H-pyrrole nitrogens is 1. The third-order valence-electron chi connectivity index (χ3n) is 2.58. The zero-order valence-corrected chi connectivity index (χ0v) is 11.0. The summed E-state index contributed by atoms with van der Waals surface area (Å²) in [5, 5.41) is 3.00. The molecule has 1 heterocycles. The largest absolute Gasteiger partial charge is 0.360 e. The molecule has 100 valence electrons. The van der Waals surface area contributed by atoms with Crippen LogP contribution in [0.2, 0.25) is 0 Å². The van der Waals surface area contributed by atoms with Crippen molar-refractivity contribution in [3.63, 3.8) is 0 Å². The Morgan fingerprint density at radius 3 is 2.58 bits per heavy atom. The van der Waals surface area contributed by atoms with Crippen LogP contribution in [-0.2, 0) is 4.79 Å². The Balaban J connectivity index is 2.37. The Morgan fingerprint density at radius 1 is 1.26 bits per heavy atom. The molecule has 0 spiro atoms. The number of halogens is 1. The van der Waals surface area contributed by atoms with E-state index in [2.05, 4.69) is 10.3 Å². The van der Waals surface area contributed by atoms with Crippen LogP contribution in [0.15, 0.2) is 24.4 Å². The first-order chi connectivity index (χ1) is 8.78. The van der Waals surface area contributed by atoms with Crippen molar-refractivity contribution in [1.82, 2.24) is 10.3 Å². The van der Waals surface area contributed by atoms with Gasteiger partial charge in [-0.1, -0.05) is 0 Å². The summed E-state index contributed by atoms with van der Waals surface area (Å²) in [6, 6.07) is 4.06. The second kappa shape index (κ2) is 4.50. The first-order valence-corrected chi connectivity index (χ1v) is 5.91. The number of amides is 1. The summed E-state index contributed by atoms with van der Waals surface area (Å²) in [5.41, 5.74) is 0.300. The second-order valence-electron chi connectivity index (χ2n) is 5.43. The van der Waals surface area contributed by atoms with Crippen molar-refractivity contribution in [1.29, 1.82) is 0 Å². The minimum Gasteiger partial charge on any atom is -0.360 e. The van der Waals surface area contributed by atoms with E-state index in [9.17, 15) is 14.0 Å². The van der Waals surface area contributed by atoms with Crippen LogP contribution in [0.3, 0.4) is 0 Å². The van der Waals surface area contributed by atoms with E-state index in [4.69, 9.17) is 0 Å². The van der Waals surface area contributed by atoms with Crippen LogP contribution in [0.1, 0.15) is 31.1 Å². The van der Waals surface area contributed by atoms with E-state index in [0.717, 1.165) is 0 Å². The Labute approximate surface area is 110 Å². The lowest BCUT2D eigenvalue weighted by molar-refractivity contribution is -0.118. The maximum absolute atomic E-state index is 13.2. The van der Waals surface area contributed by atoms with E-state index in [0.29, 0.717) is 10.9 Å². The molecule has 1 amide bonds. The van der Waals surface area contributed by atoms with Gasteiger partial charge < -0.3 is 10.3 Å². The number of carbonyl (C=O) groups is 2. The van der Waals surface area contributed by atoms with Crippen LogP contribution in [0.4, 0.5) is 4.39 Å². The number of Topliss-reactive ketones (excluding diaryl/α,β-unsaturated/α-hetero) is 1. The van der Waals surface area contributed by atoms with Crippen molar-refractivity contribution in [2.75, 3.05) is 0 Å². The molecular weight excluding hydrogens is 247 g/mol. The molecule has 1 aromatic heterocycles. The molecule has 2 rings (SSSR count). The maximum atomic E-state index is 13.2. The Kier molecular flexibility index (Phi) is 3.14. The predicted molar refractivity (Wildman–Crippen MR) is 70.5 cm³/mol. The molecule has 0 saturated heterocycles. The van der Waals surface area contributed by atoms with Gasteiger partial charge in [0.2, 0.25) is 0 Å². The minimum atomic E-state index is -0.697. The van der Waals surface area contributed by atoms with Gasteiger partial charge in [0.15, 0.2) is 0 Å². The standard InChI is InChI=1S/C14H15FN2O2/c1-14(2,3)17-13(19)12(18)10-7-16-11-5-4-8(15)6-9(10)11/h4-7,16H,1-3H3,(H,17,19). The molecular formula is C14H15FN2O2. The zero-order valence-electron chi connectivity index (χ0n) is 11.0. The molecule has 0 aliphatic heterocycles. The fourth-order valence-electron chi connectivity index (χ4n) is 1.80. The first-order valence-electron chi connectivity index (χ1n) is 5.91. The molecule has 0 unspecified atom stereocenters. The highest BCUT2D eigenvalue weighted by Crippen LogP contribution is 2.20. The zero-order chi connectivity index (χ0) is 14.2. The number of nitrogens with one attached hydrogen (secondary N) is 2. The van der Waals surface area contributed by atoms with Crippen LogP contribution in [-0.4, -0.2) is 22.2 Å². The molecule has 0 atom stereocenters. The summed E-state index contributed by atoms with van der Waals surface area (Å²) in [4.78, 5) is 26.7. The fourth-order valence-corrected chi connectivity index (χ4v) is 1.80. The lowest BCUT2D eigenvalue weighted by Crippen LogP contribution is -2.44. The van der Waals surface area contributed by atoms with Gasteiger partial charge in [0.1, 0.15) is 5.82 Å². The van der Waals surface area contributed by atoms with Gasteiger partial charge in [0, 0.05) is 22.6 Å². The average Bonchev–Trinajstić information content (AvgIpc) is 2.68. The quantitative estimate of drug-likeness (QED) is 0.645. The molecule has 2 N–H and O–H groups in total. The number of aromatic amines is 1. The monoisotopic (exact) mass is 262 g/mol. The summed E-state index contributed by atoms with van der Waals surface area (Å²) in [6.45, 7) is 5.35. The van der Waals surface area contributed by atoms with Crippen molar-refractivity contribution >= 4 is 22.6 Å². The van der Waals surface area contributed by atoms with E-state index < -0.39 is 23.0 Å². The molecule has 19 heavy (non-hydrogen) atoms. The van der Waals surface area contributed by atoms with Crippen molar-refractivity contribution in [2.45, 2.75) is 26.3 Å². The lowest BCUT2D eigenvalue weighted by atomic mass is 10.1.